The number of carbonyl (C=O) groups is 1. The van der Waals surface area contributed by atoms with Crippen molar-refractivity contribution in [2.45, 2.75) is 45.6 Å². The first-order valence-electron chi connectivity index (χ1n) is 6.36. The molecule has 0 bridgehead atoms. The van der Waals surface area contributed by atoms with Gasteiger partial charge in [-0.1, -0.05) is 26.0 Å². The van der Waals surface area contributed by atoms with Crippen LogP contribution < -0.4 is 11.1 Å². The second-order valence-corrected chi connectivity index (χ2v) is 4.64. The van der Waals surface area contributed by atoms with Crippen LogP contribution in [0.25, 0.3) is 0 Å². The predicted octanol–water partition coefficient (Wildman–Crippen LogP) is 2.54. The van der Waals surface area contributed by atoms with Crippen molar-refractivity contribution < 1.29 is 4.79 Å². The minimum Gasteiger partial charge on any atom is -0.326 e. The molecule has 2 rings (SSSR count). The summed E-state index contributed by atoms with van der Waals surface area (Å²) in [5.41, 5.74) is 10.7. The van der Waals surface area contributed by atoms with E-state index in [-0.39, 0.29) is 11.9 Å². The van der Waals surface area contributed by atoms with Crippen LogP contribution in [0.1, 0.15) is 49.4 Å². The lowest BCUT2D eigenvalue weighted by molar-refractivity contribution is -0.116. The van der Waals surface area contributed by atoms with Crippen molar-refractivity contribution >= 4 is 11.6 Å². The van der Waals surface area contributed by atoms with Gasteiger partial charge in [-0.2, -0.15) is 0 Å². The van der Waals surface area contributed by atoms with Crippen LogP contribution in [0, 0.1) is 0 Å². The topological polar surface area (TPSA) is 55.1 Å². The van der Waals surface area contributed by atoms with Gasteiger partial charge < -0.3 is 11.1 Å². The SMILES string of the molecule is CCc1cc2c(c(C(N)CC)c1)NC(=O)CC2. The lowest BCUT2D eigenvalue weighted by Gasteiger charge is -2.24. The highest BCUT2D eigenvalue weighted by atomic mass is 16.1. The normalized spacial score (nSPS) is 16.3. The Kier molecular flexibility index (Phi) is 3.48. The van der Waals surface area contributed by atoms with Gasteiger partial charge >= 0.3 is 0 Å². The fourth-order valence-corrected chi connectivity index (χ4v) is 2.31. The molecule has 1 aromatic rings. The second-order valence-electron chi connectivity index (χ2n) is 4.64. The van der Waals surface area contributed by atoms with Crippen molar-refractivity contribution in [3.8, 4) is 0 Å². The Morgan fingerprint density at radius 1 is 1.35 bits per heavy atom. The molecule has 17 heavy (non-hydrogen) atoms. The lowest BCUT2D eigenvalue weighted by Crippen LogP contribution is -2.23. The maximum atomic E-state index is 11.5. The molecular formula is C14H20N2O. The molecule has 1 heterocycles. The molecule has 1 aliphatic rings. The van der Waals surface area contributed by atoms with Crippen LogP contribution in [-0.2, 0) is 17.6 Å². The van der Waals surface area contributed by atoms with Gasteiger partial charge in [0, 0.05) is 18.2 Å². The summed E-state index contributed by atoms with van der Waals surface area (Å²) >= 11 is 0. The zero-order chi connectivity index (χ0) is 12.4. The summed E-state index contributed by atoms with van der Waals surface area (Å²) in [4.78, 5) is 11.5. The largest absolute Gasteiger partial charge is 0.326 e. The minimum absolute atomic E-state index is 0.00801. The average Bonchev–Trinajstić information content (AvgIpc) is 2.36. The Labute approximate surface area is 102 Å². The predicted molar refractivity (Wildman–Crippen MR) is 70.0 cm³/mol. The number of nitrogens with one attached hydrogen (secondary N) is 1. The highest BCUT2D eigenvalue weighted by Crippen LogP contribution is 2.32. The van der Waals surface area contributed by atoms with Gasteiger partial charge in [-0.25, -0.2) is 0 Å². The minimum atomic E-state index is 0.00801. The van der Waals surface area contributed by atoms with Gasteiger partial charge in [-0.3, -0.25) is 4.79 Å². The highest BCUT2D eigenvalue weighted by Gasteiger charge is 2.21. The first kappa shape index (κ1) is 12.1. The standard InChI is InChI=1S/C14H20N2O/c1-3-9-7-10-5-6-13(17)16-14(10)11(8-9)12(15)4-2/h7-8,12H,3-6,15H2,1-2H3,(H,16,17). The van der Waals surface area contributed by atoms with Crippen molar-refractivity contribution in [2.75, 3.05) is 5.32 Å². The molecule has 1 aromatic carbocycles. The van der Waals surface area contributed by atoms with Gasteiger partial charge in [0.25, 0.3) is 0 Å². The number of anilines is 1. The molecular weight excluding hydrogens is 212 g/mol. The van der Waals surface area contributed by atoms with Crippen LogP contribution in [0.4, 0.5) is 5.69 Å². The first-order chi connectivity index (χ1) is 8.15. The molecule has 0 spiro atoms. The van der Waals surface area contributed by atoms with Gasteiger partial charge in [-0.15, -0.1) is 0 Å². The van der Waals surface area contributed by atoms with Crippen molar-refractivity contribution in [1.29, 1.82) is 0 Å². The summed E-state index contributed by atoms with van der Waals surface area (Å²) in [7, 11) is 0. The molecule has 1 atom stereocenters. The van der Waals surface area contributed by atoms with Gasteiger partial charge in [0.15, 0.2) is 0 Å². The first-order valence-corrected chi connectivity index (χ1v) is 6.36. The van der Waals surface area contributed by atoms with Crippen LogP contribution >= 0.6 is 0 Å². The van der Waals surface area contributed by atoms with E-state index in [0.29, 0.717) is 6.42 Å². The lowest BCUT2D eigenvalue weighted by atomic mass is 9.91. The third-order valence-electron chi connectivity index (χ3n) is 3.44. The number of fused-ring (bicyclic) bond motifs is 1. The number of hydrogen-bond donors (Lipinski definition) is 2. The van der Waals surface area contributed by atoms with E-state index in [1.165, 1.54) is 11.1 Å². The number of hydrogen-bond acceptors (Lipinski definition) is 2. The second kappa shape index (κ2) is 4.88. The number of benzene rings is 1. The number of aryl methyl sites for hydroxylation is 2. The number of amides is 1. The molecule has 0 aromatic heterocycles. The summed E-state index contributed by atoms with van der Waals surface area (Å²) < 4.78 is 0. The van der Waals surface area contributed by atoms with E-state index in [4.69, 9.17) is 5.73 Å². The molecule has 1 amide bonds. The molecule has 0 radical (unpaired) electrons. The Morgan fingerprint density at radius 3 is 2.76 bits per heavy atom. The molecule has 0 saturated heterocycles. The molecule has 92 valence electrons. The Bertz CT molecular complexity index is 440. The van der Waals surface area contributed by atoms with Crippen molar-refractivity contribution in [2.24, 2.45) is 5.73 Å². The van der Waals surface area contributed by atoms with Crippen LogP contribution in [0.3, 0.4) is 0 Å². The quantitative estimate of drug-likeness (QED) is 0.841. The molecule has 1 unspecified atom stereocenters. The zero-order valence-electron chi connectivity index (χ0n) is 10.5. The summed E-state index contributed by atoms with van der Waals surface area (Å²) in [5, 5.41) is 2.98. The van der Waals surface area contributed by atoms with Gasteiger partial charge in [0.05, 0.1) is 0 Å². The Balaban J connectivity index is 2.51. The Hall–Kier alpha value is -1.35. The molecule has 3 N–H and O–H groups in total. The van der Waals surface area contributed by atoms with Crippen LogP contribution in [0.5, 0.6) is 0 Å². The smallest absolute Gasteiger partial charge is 0.224 e. The average molecular weight is 232 g/mol. The van der Waals surface area contributed by atoms with Gasteiger partial charge in [-0.05, 0) is 36.0 Å². The maximum Gasteiger partial charge on any atom is 0.224 e. The maximum absolute atomic E-state index is 11.5. The third kappa shape index (κ3) is 2.34. The summed E-state index contributed by atoms with van der Waals surface area (Å²) in [6.07, 6.45) is 3.31. The fraction of sp³-hybridized carbons (Fsp3) is 0.500. The Morgan fingerprint density at radius 2 is 2.12 bits per heavy atom. The van der Waals surface area contributed by atoms with Crippen molar-refractivity contribution in [1.82, 2.24) is 0 Å². The number of carbonyl (C=O) groups excluding carboxylic acids is 1. The van der Waals surface area contributed by atoms with E-state index in [9.17, 15) is 4.79 Å². The van der Waals surface area contributed by atoms with E-state index in [0.717, 1.165) is 30.5 Å². The molecule has 3 heteroatoms. The van der Waals surface area contributed by atoms with Crippen LogP contribution in [0.2, 0.25) is 0 Å². The molecule has 3 nitrogen and oxygen atoms in total. The fourth-order valence-electron chi connectivity index (χ4n) is 2.31. The van der Waals surface area contributed by atoms with Crippen molar-refractivity contribution in [3.63, 3.8) is 0 Å². The molecule has 0 fully saturated rings. The van der Waals surface area contributed by atoms with E-state index >= 15 is 0 Å². The van der Waals surface area contributed by atoms with E-state index < -0.39 is 0 Å². The zero-order valence-corrected chi connectivity index (χ0v) is 10.5. The van der Waals surface area contributed by atoms with Crippen molar-refractivity contribution in [3.05, 3.63) is 28.8 Å². The van der Waals surface area contributed by atoms with E-state index in [1.807, 2.05) is 0 Å². The van der Waals surface area contributed by atoms with Gasteiger partial charge in [0.2, 0.25) is 5.91 Å². The number of rotatable bonds is 3. The van der Waals surface area contributed by atoms with E-state index in [2.05, 4.69) is 31.3 Å². The highest BCUT2D eigenvalue weighted by molar-refractivity contribution is 5.95. The van der Waals surface area contributed by atoms with Crippen LogP contribution in [0.15, 0.2) is 12.1 Å². The summed E-state index contributed by atoms with van der Waals surface area (Å²) in [6.45, 7) is 4.21. The number of nitrogens with two attached hydrogens (primary N) is 1. The monoisotopic (exact) mass is 232 g/mol. The van der Waals surface area contributed by atoms with Gasteiger partial charge in [0.1, 0.15) is 0 Å². The van der Waals surface area contributed by atoms with E-state index in [1.54, 1.807) is 0 Å². The summed E-state index contributed by atoms with van der Waals surface area (Å²) in [5.74, 6) is 0.103. The van der Waals surface area contributed by atoms with Crippen LogP contribution in [-0.4, -0.2) is 5.91 Å². The summed E-state index contributed by atoms with van der Waals surface area (Å²) in [6, 6.07) is 4.34. The molecule has 0 saturated carbocycles. The molecule has 0 aliphatic carbocycles. The molecule has 1 aliphatic heterocycles. The third-order valence-corrected chi connectivity index (χ3v) is 3.44.